The molecule has 0 aromatic heterocycles. The van der Waals surface area contributed by atoms with Crippen LogP contribution >= 0.6 is 0 Å². The molecule has 0 atom stereocenters. The third kappa shape index (κ3) is 2.28. The molecule has 6 heteroatoms. The van der Waals surface area contributed by atoms with Crippen LogP contribution in [0.1, 0.15) is 12.8 Å². The molecule has 0 amide bonds. The molecule has 0 aliphatic heterocycles. The number of nitro benzene ring substituents is 1. The largest absolute Gasteiger partial charge is 0.502 e. The van der Waals surface area contributed by atoms with Gasteiger partial charge in [-0.3, -0.25) is 10.1 Å². The summed E-state index contributed by atoms with van der Waals surface area (Å²) in [4.78, 5) is 9.92. The minimum absolute atomic E-state index is 0.0205. The molecule has 0 bridgehead atoms. The van der Waals surface area contributed by atoms with Crippen molar-refractivity contribution in [1.29, 1.82) is 5.26 Å². The number of nitriles is 1. The highest BCUT2D eigenvalue weighted by molar-refractivity contribution is 5.49. The molecule has 1 aromatic carbocycles. The van der Waals surface area contributed by atoms with Gasteiger partial charge in [0.25, 0.3) is 0 Å². The van der Waals surface area contributed by atoms with Gasteiger partial charge in [-0.25, -0.2) is 0 Å². The molecule has 1 N–H and O–H groups in total. The van der Waals surface area contributed by atoms with Gasteiger partial charge in [-0.2, -0.15) is 5.26 Å². The average molecular weight is 234 g/mol. The molecule has 0 spiro atoms. The summed E-state index contributed by atoms with van der Waals surface area (Å²) in [5.41, 5.74) is -0.376. The molecule has 1 saturated carbocycles. The molecule has 17 heavy (non-hydrogen) atoms. The van der Waals surface area contributed by atoms with E-state index in [4.69, 9.17) is 10.00 Å². The van der Waals surface area contributed by atoms with Gasteiger partial charge in [-0.15, -0.1) is 0 Å². The molecule has 0 unspecified atom stereocenters. The van der Waals surface area contributed by atoms with Crippen molar-refractivity contribution in [3.8, 4) is 17.6 Å². The summed E-state index contributed by atoms with van der Waals surface area (Å²) in [6.45, 7) is 0. The minimum Gasteiger partial charge on any atom is -0.502 e. The zero-order chi connectivity index (χ0) is 12.4. The lowest BCUT2D eigenvalue weighted by Gasteiger charge is -2.30. The second kappa shape index (κ2) is 4.29. The first-order valence-corrected chi connectivity index (χ1v) is 5.14. The van der Waals surface area contributed by atoms with Crippen LogP contribution in [0.25, 0.3) is 0 Å². The Kier molecular flexibility index (Phi) is 2.83. The highest BCUT2D eigenvalue weighted by Gasteiger charge is 2.31. The van der Waals surface area contributed by atoms with Gasteiger partial charge in [0.2, 0.25) is 0 Å². The number of benzene rings is 1. The fourth-order valence-electron chi connectivity index (χ4n) is 1.68. The summed E-state index contributed by atoms with van der Waals surface area (Å²) >= 11 is 0. The Bertz CT molecular complexity index is 489. The highest BCUT2D eigenvalue weighted by Crippen LogP contribution is 2.34. The van der Waals surface area contributed by atoms with E-state index >= 15 is 0 Å². The van der Waals surface area contributed by atoms with Gasteiger partial charge in [0.1, 0.15) is 11.9 Å². The molecule has 0 heterocycles. The number of ether oxygens (including phenoxy) is 1. The van der Waals surface area contributed by atoms with Crippen LogP contribution in [0.15, 0.2) is 18.2 Å². The zero-order valence-corrected chi connectivity index (χ0v) is 8.87. The predicted molar refractivity (Wildman–Crippen MR) is 57.5 cm³/mol. The predicted octanol–water partition coefficient (Wildman–Crippen LogP) is 1.98. The first kappa shape index (κ1) is 11.2. The molecule has 6 nitrogen and oxygen atoms in total. The number of nitro groups is 1. The summed E-state index contributed by atoms with van der Waals surface area (Å²) in [5.74, 6) is -0.0196. The zero-order valence-electron chi connectivity index (χ0n) is 8.87. The summed E-state index contributed by atoms with van der Waals surface area (Å²) in [6, 6.07) is 6.02. The fraction of sp³-hybridized carbons (Fsp3) is 0.364. The second-order valence-corrected chi connectivity index (χ2v) is 3.94. The van der Waals surface area contributed by atoms with Crippen molar-refractivity contribution >= 4 is 5.69 Å². The maximum absolute atomic E-state index is 10.6. The van der Waals surface area contributed by atoms with Crippen molar-refractivity contribution in [2.45, 2.75) is 18.9 Å². The molecule has 1 aliphatic rings. The van der Waals surface area contributed by atoms with Crippen LogP contribution in [0.2, 0.25) is 0 Å². The van der Waals surface area contributed by atoms with E-state index in [2.05, 4.69) is 6.07 Å². The van der Waals surface area contributed by atoms with E-state index in [0.717, 1.165) is 0 Å². The lowest BCUT2D eigenvalue weighted by atomic mass is 9.83. The number of nitrogens with zero attached hydrogens (tertiary/aromatic N) is 2. The average Bonchev–Trinajstić information content (AvgIpc) is 2.24. The van der Waals surface area contributed by atoms with Crippen LogP contribution in [0.4, 0.5) is 5.69 Å². The Hall–Kier alpha value is -2.29. The first-order chi connectivity index (χ1) is 8.10. The molecule has 2 rings (SSSR count). The molecule has 1 aromatic rings. The SMILES string of the molecule is N#C[C@H]1C[C@@H](Oc2ccc(O)c([N+](=O)[O-])c2)C1. The Morgan fingerprint density at radius 3 is 2.82 bits per heavy atom. The van der Waals surface area contributed by atoms with Crippen LogP contribution in [0.5, 0.6) is 11.5 Å². The van der Waals surface area contributed by atoms with Crippen LogP contribution in [-0.2, 0) is 0 Å². The molecule has 1 aliphatic carbocycles. The summed E-state index contributed by atoms with van der Waals surface area (Å²) in [5, 5.41) is 28.4. The number of phenols is 1. The monoisotopic (exact) mass is 234 g/mol. The van der Waals surface area contributed by atoms with E-state index in [1.165, 1.54) is 18.2 Å². The lowest BCUT2D eigenvalue weighted by molar-refractivity contribution is -0.386. The van der Waals surface area contributed by atoms with Crippen LogP contribution in [-0.4, -0.2) is 16.1 Å². The standard InChI is InChI=1S/C11H10N2O4/c12-6-7-3-9(4-7)17-8-1-2-11(14)10(5-8)13(15)16/h1-2,5,7,9,14H,3-4H2/t7-,9+. The van der Waals surface area contributed by atoms with Crippen molar-refractivity contribution in [2.24, 2.45) is 5.92 Å². The normalized spacial score (nSPS) is 22.3. The maximum atomic E-state index is 10.6. The van der Waals surface area contributed by atoms with Crippen molar-refractivity contribution < 1.29 is 14.8 Å². The van der Waals surface area contributed by atoms with Crippen LogP contribution < -0.4 is 4.74 Å². The van der Waals surface area contributed by atoms with E-state index in [0.29, 0.717) is 18.6 Å². The summed E-state index contributed by atoms with van der Waals surface area (Å²) < 4.78 is 5.46. The van der Waals surface area contributed by atoms with Crippen LogP contribution in [0, 0.1) is 27.4 Å². The number of aromatic hydroxyl groups is 1. The van der Waals surface area contributed by atoms with Crippen molar-refractivity contribution in [3.05, 3.63) is 28.3 Å². The van der Waals surface area contributed by atoms with Crippen LogP contribution in [0.3, 0.4) is 0 Å². The molecular formula is C11H10N2O4. The van der Waals surface area contributed by atoms with Gasteiger partial charge < -0.3 is 9.84 Å². The highest BCUT2D eigenvalue weighted by atomic mass is 16.6. The Labute approximate surface area is 97.2 Å². The van der Waals surface area contributed by atoms with Crippen molar-refractivity contribution in [1.82, 2.24) is 0 Å². The van der Waals surface area contributed by atoms with E-state index in [9.17, 15) is 15.2 Å². The van der Waals surface area contributed by atoms with Gasteiger partial charge >= 0.3 is 5.69 Å². The Morgan fingerprint density at radius 1 is 1.53 bits per heavy atom. The lowest BCUT2D eigenvalue weighted by Crippen LogP contribution is -2.32. The summed E-state index contributed by atoms with van der Waals surface area (Å²) in [7, 11) is 0. The van der Waals surface area contributed by atoms with E-state index < -0.39 is 4.92 Å². The minimum atomic E-state index is -0.666. The Balaban J connectivity index is 2.05. The number of rotatable bonds is 3. The van der Waals surface area contributed by atoms with Crippen molar-refractivity contribution in [2.75, 3.05) is 0 Å². The molecule has 88 valence electrons. The topological polar surface area (TPSA) is 96.4 Å². The summed E-state index contributed by atoms with van der Waals surface area (Å²) in [6.07, 6.45) is 1.22. The third-order valence-electron chi connectivity index (χ3n) is 2.72. The van der Waals surface area contributed by atoms with E-state index in [1.54, 1.807) is 0 Å². The molecular weight excluding hydrogens is 224 g/mol. The van der Waals surface area contributed by atoms with Crippen molar-refractivity contribution in [3.63, 3.8) is 0 Å². The quantitative estimate of drug-likeness (QED) is 0.637. The number of hydrogen-bond acceptors (Lipinski definition) is 5. The second-order valence-electron chi connectivity index (χ2n) is 3.94. The van der Waals surface area contributed by atoms with Gasteiger partial charge in [-0.05, 0) is 12.1 Å². The van der Waals surface area contributed by atoms with E-state index in [1.807, 2.05) is 0 Å². The maximum Gasteiger partial charge on any atom is 0.314 e. The third-order valence-corrected chi connectivity index (χ3v) is 2.72. The Morgan fingerprint density at radius 2 is 2.24 bits per heavy atom. The first-order valence-electron chi connectivity index (χ1n) is 5.14. The smallest absolute Gasteiger partial charge is 0.314 e. The number of phenolic OH excluding ortho intramolecular Hbond substituents is 1. The van der Waals surface area contributed by atoms with E-state index in [-0.39, 0.29) is 23.5 Å². The fourth-order valence-corrected chi connectivity index (χ4v) is 1.68. The van der Waals surface area contributed by atoms with Gasteiger partial charge in [0.05, 0.1) is 23.0 Å². The molecule has 1 fully saturated rings. The molecule has 0 radical (unpaired) electrons. The van der Waals surface area contributed by atoms with Gasteiger partial charge in [-0.1, -0.05) is 0 Å². The van der Waals surface area contributed by atoms with Gasteiger partial charge in [0.15, 0.2) is 5.75 Å². The number of hydrogen-bond donors (Lipinski definition) is 1. The molecule has 0 saturated heterocycles. The van der Waals surface area contributed by atoms with Gasteiger partial charge in [0, 0.05) is 12.8 Å².